The van der Waals surface area contributed by atoms with Crippen LogP contribution in [-0.2, 0) is 33.7 Å². The molecule has 400 valence electrons. The SMILES string of the molecule is COc1ccc(C(OCC2OC(n3cc(C=CC(=O)NCCCCCCNC(=O)C(F)(F)F)c(N=CN(C)C)nc3=O)CC2OP(OCCC#N)N(C(C)C)C(C)C)(c2ccccc2)c2ccc(OC)cc2)cc1. The zero-order valence-electron chi connectivity index (χ0n) is 43.2. The Morgan fingerprint density at radius 2 is 1.49 bits per heavy atom. The summed E-state index contributed by atoms with van der Waals surface area (Å²) in [6.45, 7) is 8.41. The number of carbonyl (C=O) groups is 2. The van der Waals surface area contributed by atoms with E-state index in [1.165, 1.54) is 29.3 Å². The number of ether oxygens (including phenoxy) is 4. The van der Waals surface area contributed by atoms with Crippen LogP contribution < -0.4 is 25.8 Å². The quantitative estimate of drug-likeness (QED) is 0.0137. The minimum Gasteiger partial charge on any atom is -0.497 e. The van der Waals surface area contributed by atoms with Gasteiger partial charge in [-0.25, -0.2) is 14.5 Å². The van der Waals surface area contributed by atoms with Crippen molar-refractivity contribution in [1.29, 1.82) is 5.26 Å². The second kappa shape index (κ2) is 28.5. The predicted octanol–water partition coefficient (Wildman–Crippen LogP) is 8.81. The molecular weight excluding hydrogens is 981 g/mol. The fourth-order valence-corrected chi connectivity index (χ4v) is 10.00. The summed E-state index contributed by atoms with van der Waals surface area (Å²) < 4.78 is 79.5. The van der Waals surface area contributed by atoms with Gasteiger partial charge in [0.25, 0.3) is 8.53 Å². The molecule has 21 heteroatoms. The number of alkyl halides is 3. The summed E-state index contributed by atoms with van der Waals surface area (Å²) in [6, 6.07) is 27.2. The predicted molar refractivity (Wildman–Crippen MR) is 277 cm³/mol. The average molecular weight is 1050 g/mol. The van der Waals surface area contributed by atoms with Crippen LogP contribution in [0.1, 0.15) is 94.7 Å². The molecule has 0 spiro atoms. The highest BCUT2D eigenvalue weighted by atomic mass is 31.2. The number of benzene rings is 3. The van der Waals surface area contributed by atoms with Crippen molar-refractivity contribution in [2.24, 2.45) is 4.99 Å². The Bertz CT molecular complexity index is 2500. The molecule has 3 aromatic carbocycles. The molecule has 17 nitrogen and oxygen atoms in total. The molecule has 1 saturated heterocycles. The molecule has 0 saturated carbocycles. The molecule has 1 fully saturated rings. The number of halogens is 3. The summed E-state index contributed by atoms with van der Waals surface area (Å²) in [5.74, 6) is -1.04. The van der Waals surface area contributed by atoms with Crippen LogP contribution in [0.3, 0.4) is 0 Å². The lowest BCUT2D eigenvalue weighted by Crippen LogP contribution is -2.39. The number of aliphatic imine (C=N–C) groups is 1. The number of unbranched alkanes of at least 4 members (excludes halogenated alkanes) is 3. The van der Waals surface area contributed by atoms with Gasteiger partial charge in [0.2, 0.25) is 5.91 Å². The molecule has 1 aromatic heterocycles. The van der Waals surface area contributed by atoms with Gasteiger partial charge in [-0.2, -0.15) is 23.4 Å². The van der Waals surface area contributed by atoms with E-state index in [9.17, 15) is 32.8 Å². The summed E-state index contributed by atoms with van der Waals surface area (Å²) in [5, 5.41) is 14.1. The van der Waals surface area contributed by atoms with Crippen LogP contribution in [0.25, 0.3) is 6.08 Å². The molecular formula is C53H68F3N8O9P. The fraction of sp³-hybridized carbons (Fsp3) is 0.472. The molecule has 0 radical (unpaired) electrons. The molecule has 2 amide bonds. The number of methoxy groups -OCH3 is 2. The third-order valence-electron chi connectivity index (χ3n) is 11.7. The van der Waals surface area contributed by atoms with Crippen molar-refractivity contribution in [2.75, 3.05) is 54.6 Å². The molecule has 74 heavy (non-hydrogen) atoms. The van der Waals surface area contributed by atoms with Crippen molar-refractivity contribution >= 4 is 38.6 Å². The van der Waals surface area contributed by atoms with E-state index in [1.807, 2.05) is 112 Å². The number of nitrogens with zero attached hydrogens (tertiary/aromatic N) is 6. The zero-order valence-corrected chi connectivity index (χ0v) is 44.1. The van der Waals surface area contributed by atoms with Crippen molar-refractivity contribution in [3.8, 4) is 17.6 Å². The number of nitriles is 1. The normalized spacial score (nSPS) is 16.5. The Hall–Kier alpha value is -6.20. The molecule has 0 aliphatic carbocycles. The highest BCUT2D eigenvalue weighted by molar-refractivity contribution is 7.44. The van der Waals surface area contributed by atoms with Crippen LogP contribution >= 0.6 is 8.53 Å². The molecule has 4 unspecified atom stereocenters. The molecule has 0 bridgehead atoms. The van der Waals surface area contributed by atoms with E-state index in [4.69, 9.17) is 28.0 Å². The number of aromatic nitrogens is 2. The molecule has 1 aliphatic heterocycles. The van der Waals surface area contributed by atoms with Crippen LogP contribution in [0.2, 0.25) is 0 Å². The maximum absolute atomic E-state index is 14.1. The second-order valence-corrected chi connectivity index (χ2v) is 19.5. The van der Waals surface area contributed by atoms with Gasteiger partial charge in [-0.05, 0) is 87.6 Å². The first-order valence-electron chi connectivity index (χ1n) is 24.5. The van der Waals surface area contributed by atoms with E-state index in [1.54, 1.807) is 33.2 Å². The topological polar surface area (TPSA) is 191 Å². The van der Waals surface area contributed by atoms with E-state index in [0.717, 1.165) is 16.7 Å². The maximum atomic E-state index is 14.1. The molecule has 2 heterocycles. The maximum Gasteiger partial charge on any atom is 0.471 e. The first-order valence-corrected chi connectivity index (χ1v) is 25.6. The van der Waals surface area contributed by atoms with Crippen LogP contribution in [0.4, 0.5) is 19.0 Å². The largest absolute Gasteiger partial charge is 0.497 e. The Balaban J connectivity index is 1.50. The first-order chi connectivity index (χ1) is 35.4. The van der Waals surface area contributed by atoms with Crippen molar-refractivity contribution < 1.29 is 50.8 Å². The monoisotopic (exact) mass is 1050 g/mol. The van der Waals surface area contributed by atoms with Crippen LogP contribution in [0, 0.1) is 11.3 Å². The van der Waals surface area contributed by atoms with Crippen LogP contribution in [0.5, 0.6) is 11.5 Å². The second-order valence-electron chi connectivity index (χ2n) is 18.1. The highest BCUT2D eigenvalue weighted by Crippen LogP contribution is 2.51. The third-order valence-corrected chi connectivity index (χ3v) is 13.9. The average Bonchev–Trinajstić information content (AvgIpc) is 3.78. The smallest absolute Gasteiger partial charge is 0.471 e. The van der Waals surface area contributed by atoms with E-state index in [2.05, 4.69) is 26.0 Å². The first kappa shape index (κ1) is 58.7. The van der Waals surface area contributed by atoms with E-state index in [-0.39, 0.29) is 50.5 Å². The summed E-state index contributed by atoms with van der Waals surface area (Å²) in [7, 11) is 4.92. The lowest BCUT2D eigenvalue weighted by molar-refractivity contribution is -0.173. The number of rotatable bonds is 28. The number of carbonyl (C=O) groups excluding carboxylic acids is 2. The van der Waals surface area contributed by atoms with Gasteiger partial charge in [-0.15, -0.1) is 0 Å². The Morgan fingerprint density at radius 1 is 0.905 bits per heavy atom. The van der Waals surface area contributed by atoms with Gasteiger partial charge >= 0.3 is 17.8 Å². The summed E-state index contributed by atoms with van der Waals surface area (Å²) in [6.07, 6.45) is 0.708. The van der Waals surface area contributed by atoms with Gasteiger partial charge in [-0.3, -0.25) is 14.2 Å². The molecule has 2 N–H and O–H groups in total. The number of nitrogens with one attached hydrogen (secondary N) is 2. The zero-order chi connectivity index (χ0) is 53.8. The minimum atomic E-state index is -4.93. The Morgan fingerprint density at radius 3 is 2.03 bits per heavy atom. The summed E-state index contributed by atoms with van der Waals surface area (Å²) >= 11 is 0. The fourth-order valence-electron chi connectivity index (χ4n) is 8.24. The Labute approximate surface area is 432 Å². The Kier molecular flexibility index (Phi) is 22.6. The minimum absolute atomic E-state index is 0.0179. The molecule has 4 atom stereocenters. The molecule has 1 aliphatic rings. The van der Waals surface area contributed by atoms with Crippen molar-refractivity contribution in [2.45, 2.75) is 109 Å². The van der Waals surface area contributed by atoms with E-state index >= 15 is 0 Å². The van der Waals surface area contributed by atoms with Crippen LogP contribution in [-0.4, -0.2) is 122 Å². The van der Waals surface area contributed by atoms with E-state index < -0.39 is 56.2 Å². The number of hydrogen-bond acceptors (Lipinski definition) is 13. The van der Waals surface area contributed by atoms with Gasteiger partial charge in [0.15, 0.2) is 5.82 Å². The van der Waals surface area contributed by atoms with Crippen LogP contribution in [0.15, 0.2) is 101 Å². The van der Waals surface area contributed by atoms with Crippen molar-refractivity contribution in [1.82, 2.24) is 29.8 Å². The lowest BCUT2D eigenvalue weighted by Gasteiger charge is -2.39. The molecule has 4 aromatic rings. The van der Waals surface area contributed by atoms with E-state index in [0.29, 0.717) is 49.3 Å². The van der Waals surface area contributed by atoms with Gasteiger partial charge in [0, 0.05) is 63.5 Å². The standard InChI is InChI=1S/C53H68F3N8O9P/c1-37(2)64(38(3)4)74(71-32-16-29-57)73-45-33-48(63-34-39(49(61-51(63)67)60-36-62(5)6)19-28-47(65)58-30-14-9-10-15-31-59-50(66)53(54,55)56)72-46(45)35-70-52(40-17-12-11-13-18-40,41-20-24-43(68-7)25-21-41)42-22-26-44(69-8)27-23-42/h11-13,17-28,34,36-38,45-46,48H,9-10,14-16,30-33,35H2,1-8H3,(H,58,65)(H,59,66). The molecule has 5 rings (SSSR count). The van der Waals surface area contributed by atoms with Gasteiger partial charge in [0.05, 0.1) is 52.4 Å². The number of amides is 2. The lowest BCUT2D eigenvalue weighted by atomic mass is 9.80. The highest BCUT2D eigenvalue weighted by Gasteiger charge is 2.45. The summed E-state index contributed by atoms with van der Waals surface area (Å²) in [5.41, 5.74) is 0.824. The number of hydrogen-bond donors (Lipinski definition) is 2. The van der Waals surface area contributed by atoms with Gasteiger partial charge in [-0.1, -0.05) is 67.4 Å². The van der Waals surface area contributed by atoms with Gasteiger partial charge < -0.3 is 43.5 Å². The van der Waals surface area contributed by atoms with Gasteiger partial charge in [0.1, 0.15) is 29.4 Å². The van der Waals surface area contributed by atoms with Crippen molar-refractivity contribution in [3.05, 3.63) is 124 Å². The summed E-state index contributed by atoms with van der Waals surface area (Å²) in [4.78, 5) is 48.7. The third kappa shape index (κ3) is 16.4. The van der Waals surface area contributed by atoms with Crippen molar-refractivity contribution in [3.63, 3.8) is 0 Å².